The zero-order valence-corrected chi connectivity index (χ0v) is 12.4. The number of hydrogen-bond donors (Lipinski definition) is 0. The molecule has 0 amide bonds. The number of anilines is 1. The molecule has 5 nitrogen and oxygen atoms in total. The maximum atomic E-state index is 11.9. The average Bonchev–Trinajstić information content (AvgIpc) is 3.09. The third-order valence-electron chi connectivity index (χ3n) is 3.98. The first kappa shape index (κ1) is 13.6. The molecule has 1 aromatic rings. The molecule has 6 heteroatoms. The van der Waals surface area contributed by atoms with Crippen LogP contribution in [0.2, 0.25) is 0 Å². The average molecular weight is 293 g/mol. The molecular weight excluding hydrogens is 274 g/mol. The van der Waals surface area contributed by atoms with E-state index in [1.165, 1.54) is 6.26 Å². The van der Waals surface area contributed by atoms with Crippen molar-refractivity contribution in [3.63, 3.8) is 0 Å². The molecule has 0 bridgehead atoms. The molecular formula is C14H19N3O2S. The number of rotatable bonds is 3. The van der Waals surface area contributed by atoms with Crippen LogP contribution in [0.4, 0.5) is 5.82 Å². The molecule has 0 spiro atoms. The molecule has 0 N–H and O–H groups in total. The molecule has 108 valence electrons. The number of pyridine rings is 1. The summed E-state index contributed by atoms with van der Waals surface area (Å²) in [5.74, 6) is 0.602. The first-order chi connectivity index (χ1) is 9.55. The first-order valence-electron chi connectivity index (χ1n) is 6.85. The van der Waals surface area contributed by atoms with E-state index in [9.17, 15) is 8.42 Å². The molecule has 1 atom stereocenters. The monoisotopic (exact) mass is 293 g/mol. The van der Waals surface area contributed by atoms with Crippen LogP contribution in [0.15, 0.2) is 35.4 Å². The van der Waals surface area contributed by atoms with Crippen LogP contribution in [0.5, 0.6) is 0 Å². The molecule has 1 saturated heterocycles. The Balaban J connectivity index is 1.81. The summed E-state index contributed by atoms with van der Waals surface area (Å²) in [4.78, 5) is 9.15. The zero-order valence-electron chi connectivity index (χ0n) is 11.6. The van der Waals surface area contributed by atoms with Crippen LogP contribution in [0.3, 0.4) is 0 Å². The molecule has 0 radical (unpaired) electrons. The summed E-state index contributed by atoms with van der Waals surface area (Å²) in [6.07, 6.45) is 8.33. The third kappa shape index (κ3) is 2.58. The number of aromatic nitrogens is 1. The van der Waals surface area contributed by atoms with Gasteiger partial charge in [0.25, 0.3) is 0 Å². The second-order valence-corrected chi connectivity index (χ2v) is 7.40. The van der Waals surface area contributed by atoms with Gasteiger partial charge in [0.1, 0.15) is 10.7 Å². The normalized spacial score (nSPS) is 23.6. The van der Waals surface area contributed by atoms with Crippen molar-refractivity contribution in [2.45, 2.75) is 17.4 Å². The topological polar surface area (TPSA) is 53.5 Å². The van der Waals surface area contributed by atoms with E-state index in [1.807, 2.05) is 0 Å². The minimum atomic E-state index is -3.24. The van der Waals surface area contributed by atoms with Gasteiger partial charge in [-0.05, 0) is 18.6 Å². The summed E-state index contributed by atoms with van der Waals surface area (Å²) in [5, 5.41) is 0. The molecule has 20 heavy (non-hydrogen) atoms. The Morgan fingerprint density at radius 2 is 2.05 bits per heavy atom. The van der Waals surface area contributed by atoms with Gasteiger partial charge in [-0.1, -0.05) is 12.2 Å². The lowest BCUT2D eigenvalue weighted by Gasteiger charge is -2.24. The Morgan fingerprint density at radius 1 is 1.30 bits per heavy atom. The van der Waals surface area contributed by atoms with E-state index in [2.05, 4.69) is 26.9 Å². The molecule has 1 aromatic heterocycles. The van der Waals surface area contributed by atoms with Crippen LogP contribution in [0.1, 0.15) is 6.42 Å². The van der Waals surface area contributed by atoms with E-state index in [1.54, 1.807) is 18.3 Å². The first-order valence-corrected chi connectivity index (χ1v) is 8.74. The molecule has 0 saturated carbocycles. The van der Waals surface area contributed by atoms with Gasteiger partial charge in [0, 0.05) is 44.7 Å². The van der Waals surface area contributed by atoms with Crippen molar-refractivity contribution in [2.75, 3.05) is 37.3 Å². The standard InChI is InChI=1S/C14H19N3O2S/c1-20(18,19)13-5-4-7-15-14(13)17-10-6-12(11-17)16-8-2-3-9-16/h2-5,7,12H,6,8-11H2,1H3. The number of hydrogen-bond acceptors (Lipinski definition) is 5. The highest BCUT2D eigenvalue weighted by molar-refractivity contribution is 7.90. The summed E-state index contributed by atoms with van der Waals surface area (Å²) in [7, 11) is -3.24. The smallest absolute Gasteiger partial charge is 0.179 e. The Hall–Kier alpha value is -1.40. The van der Waals surface area contributed by atoms with Crippen molar-refractivity contribution in [3.8, 4) is 0 Å². The fourth-order valence-electron chi connectivity index (χ4n) is 2.93. The molecule has 0 aliphatic carbocycles. The van der Waals surface area contributed by atoms with Gasteiger partial charge < -0.3 is 4.90 Å². The lowest BCUT2D eigenvalue weighted by Crippen LogP contribution is -2.36. The largest absolute Gasteiger partial charge is 0.354 e. The maximum Gasteiger partial charge on any atom is 0.179 e. The number of sulfone groups is 1. The quantitative estimate of drug-likeness (QED) is 0.776. The van der Waals surface area contributed by atoms with E-state index >= 15 is 0 Å². The van der Waals surface area contributed by atoms with Gasteiger partial charge in [-0.3, -0.25) is 4.90 Å². The molecule has 2 aliphatic rings. The molecule has 2 aliphatic heterocycles. The summed E-state index contributed by atoms with van der Waals surface area (Å²) >= 11 is 0. The lowest BCUT2D eigenvalue weighted by molar-refractivity contribution is 0.271. The lowest BCUT2D eigenvalue weighted by atomic mass is 10.2. The SMILES string of the molecule is CS(=O)(=O)c1cccnc1N1CCC(N2CC=CC2)C1. The van der Waals surface area contributed by atoms with E-state index in [-0.39, 0.29) is 0 Å². The summed E-state index contributed by atoms with van der Waals surface area (Å²) in [5.41, 5.74) is 0. The van der Waals surface area contributed by atoms with Crippen LogP contribution in [0.25, 0.3) is 0 Å². The minimum absolute atomic E-state index is 0.334. The highest BCUT2D eigenvalue weighted by atomic mass is 32.2. The number of nitrogens with zero attached hydrogens (tertiary/aromatic N) is 3. The third-order valence-corrected chi connectivity index (χ3v) is 5.09. The minimum Gasteiger partial charge on any atom is -0.354 e. The Kier molecular flexibility index (Phi) is 3.52. The summed E-state index contributed by atoms with van der Waals surface area (Å²) < 4.78 is 23.7. The van der Waals surface area contributed by atoms with Crippen molar-refractivity contribution < 1.29 is 8.42 Å². The maximum absolute atomic E-state index is 11.9. The molecule has 3 rings (SSSR count). The van der Waals surface area contributed by atoms with Crippen molar-refractivity contribution >= 4 is 15.7 Å². The van der Waals surface area contributed by atoms with Gasteiger partial charge in [-0.25, -0.2) is 13.4 Å². The van der Waals surface area contributed by atoms with Gasteiger partial charge in [0.2, 0.25) is 0 Å². The fourth-order valence-corrected chi connectivity index (χ4v) is 3.77. The molecule has 1 unspecified atom stereocenters. The van der Waals surface area contributed by atoms with E-state index in [4.69, 9.17) is 0 Å². The van der Waals surface area contributed by atoms with Crippen LogP contribution in [0, 0.1) is 0 Å². The van der Waals surface area contributed by atoms with E-state index < -0.39 is 9.84 Å². The van der Waals surface area contributed by atoms with Gasteiger partial charge in [0.15, 0.2) is 9.84 Å². The fraction of sp³-hybridized carbons (Fsp3) is 0.500. The van der Waals surface area contributed by atoms with Crippen LogP contribution in [-0.2, 0) is 9.84 Å². The second-order valence-electron chi connectivity index (χ2n) is 5.41. The van der Waals surface area contributed by atoms with Crippen molar-refractivity contribution in [3.05, 3.63) is 30.5 Å². The predicted molar refractivity (Wildman–Crippen MR) is 78.7 cm³/mol. The molecule has 3 heterocycles. The summed E-state index contributed by atoms with van der Waals surface area (Å²) in [6.45, 7) is 3.71. The molecule has 0 aromatic carbocycles. The van der Waals surface area contributed by atoms with Gasteiger partial charge in [0.05, 0.1) is 0 Å². The van der Waals surface area contributed by atoms with Crippen LogP contribution in [-0.4, -0.2) is 56.8 Å². The van der Waals surface area contributed by atoms with Crippen molar-refractivity contribution in [2.24, 2.45) is 0 Å². The van der Waals surface area contributed by atoms with Gasteiger partial charge in [-0.2, -0.15) is 0 Å². The van der Waals surface area contributed by atoms with E-state index in [0.717, 1.165) is 32.6 Å². The Bertz CT molecular complexity index is 619. The highest BCUT2D eigenvalue weighted by Crippen LogP contribution is 2.27. The van der Waals surface area contributed by atoms with Gasteiger partial charge >= 0.3 is 0 Å². The Morgan fingerprint density at radius 3 is 2.75 bits per heavy atom. The summed E-state index contributed by atoms with van der Waals surface area (Å²) in [6, 6.07) is 3.81. The van der Waals surface area contributed by atoms with E-state index in [0.29, 0.717) is 16.8 Å². The second kappa shape index (κ2) is 5.18. The zero-order chi connectivity index (χ0) is 14.2. The van der Waals surface area contributed by atoms with Crippen LogP contribution >= 0.6 is 0 Å². The van der Waals surface area contributed by atoms with Crippen molar-refractivity contribution in [1.82, 2.24) is 9.88 Å². The van der Waals surface area contributed by atoms with Gasteiger partial charge in [-0.15, -0.1) is 0 Å². The predicted octanol–water partition coefficient (Wildman–Crippen LogP) is 0.936. The van der Waals surface area contributed by atoms with Crippen molar-refractivity contribution in [1.29, 1.82) is 0 Å². The van der Waals surface area contributed by atoms with Crippen LogP contribution < -0.4 is 4.90 Å². The molecule has 1 fully saturated rings. The Labute approximate surface area is 119 Å². The highest BCUT2D eigenvalue weighted by Gasteiger charge is 2.30.